The minimum Gasteiger partial charge on any atom is -0.497 e. The van der Waals surface area contributed by atoms with Crippen LogP contribution in [0, 0.1) is 13.8 Å². The summed E-state index contributed by atoms with van der Waals surface area (Å²) >= 11 is 0. The summed E-state index contributed by atoms with van der Waals surface area (Å²) < 4.78 is 10.0. The molecule has 5 aromatic carbocycles. The molecule has 0 aromatic heterocycles. The Morgan fingerprint density at radius 3 is 1.58 bits per heavy atom. The fourth-order valence-corrected chi connectivity index (χ4v) is 4.49. The zero-order valence-electron chi connectivity index (χ0n) is 33.5. The van der Waals surface area contributed by atoms with Gasteiger partial charge in [0.1, 0.15) is 24.1 Å². The zero-order valence-corrected chi connectivity index (χ0v) is 33.5. The lowest BCUT2D eigenvalue weighted by Gasteiger charge is -2.14. The second kappa shape index (κ2) is 27.4. The van der Waals surface area contributed by atoms with E-state index < -0.39 is 0 Å². The van der Waals surface area contributed by atoms with E-state index in [0.29, 0.717) is 17.7 Å². The van der Waals surface area contributed by atoms with Gasteiger partial charge in [0.05, 0.1) is 26.8 Å². The number of anilines is 2. The van der Waals surface area contributed by atoms with Gasteiger partial charge in [-0.25, -0.2) is 0 Å². The van der Waals surface area contributed by atoms with Crippen LogP contribution in [-0.4, -0.2) is 73.8 Å². The van der Waals surface area contributed by atoms with E-state index in [2.05, 4.69) is 34.6 Å². The van der Waals surface area contributed by atoms with Crippen molar-refractivity contribution >= 4 is 36.3 Å². The number of aldehydes is 2. The van der Waals surface area contributed by atoms with Crippen molar-refractivity contribution in [2.75, 3.05) is 58.8 Å². The molecule has 0 aliphatic rings. The molecule has 0 saturated carbocycles. The number of hydrogen-bond acceptors (Lipinski definition) is 8. The number of benzene rings is 5. The number of ether oxygens (including phenoxy) is 2. The van der Waals surface area contributed by atoms with Gasteiger partial charge in [0.15, 0.2) is 0 Å². The van der Waals surface area contributed by atoms with Crippen molar-refractivity contribution in [3.8, 4) is 11.5 Å². The normalized spacial score (nSPS) is 9.91. The third kappa shape index (κ3) is 19.4. The number of nitrogens with one attached hydrogen (secondary N) is 2. The molecule has 0 aliphatic heterocycles. The van der Waals surface area contributed by atoms with Crippen molar-refractivity contribution < 1.29 is 28.7 Å². The van der Waals surface area contributed by atoms with Crippen LogP contribution in [0.5, 0.6) is 11.5 Å². The molecule has 55 heavy (non-hydrogen) atoms. The molecular formula is C45H56N4O6. The van der Waals surface area contributed by atoms with Crippen LogP contribution in [0.1, 0.15) is 50.4 Å². The highest BCUT2D eigenvalue weighted by atomic mass is 16.5. The van der Waals surface area contributed by atoms with Crippen molar-refractivity contribution in [1.82, 2.24) is 10.6 Å². The highest BCUT2D eigenvalue weighted by Crippen LogP contribution is 2.18. The monoisotopic (exact) mass is 748 g/mol. The number of rotatable bonds is 11. The maximum Gasteiger partial charge on any atom is 0.251 e. The Balaban J connectivity index is 0.000000373. The quantitative estimate of drug-likeness (QED) is 0.132. The van der Waals surface area contributed by atoms with E-state index in [1.165, 1.54) is 16.2 Å². The molecule has 5 aromatic rings. The molecule has 1 atom stereocenters. The highest BCUT2D eigenvalue weighted by molar-refractivity contribution is 5.96. The summed E-state index contributed by atoms with van der Waals surface area (Å²) in [4.78, 5) is 46.3. The molecule has 0 radical (unpaired) electrons. The van der Waals surface area contributed by atoms with Crippen molar-refractivity contribution in [2.24, 2.45) is 0 Å². The summed E-state index contributed by atoms with van der Waals surface area (Å²) in [7, 11) is 10.7. The Bertz CT molecular complexity index is 1800. The minimum atomic E-state index is -0.173. The number of amides is 2. The van der Waals surface area contributed by atoms with Crippen LogP contribution >= 0.6 is 0 Å². The van der Waals surface area contributed by atoms with Gasteiger partial charge in [-0.15, -0.1) is 0 Å². The van der Waals surface area contributed by atoms with Crippen LogP contribution in [0.25, 0.3) is 0 Å². The third-order valence-electron chi connectivity index (χ3n) is 7.60. The maximum absolute atomic E-state index is 12.2. The first kappa shape index (κ1) is 46.8. The van der Waals surface area contributed by atoms with Gasteiger partial charge in [-0.1, -0.05) is 66.2 Å². The molecule has 2 amide bonds. The molecule has 0 aliphatic carbocycles. The lowest BCUT2D eigenvalue weighted by Crippen LogP contribution is -2.26. The Labute approximate surface area is 327 Å². The number of likely N-dealkylation sites (N-methyl/N-ethyl adjacent to an activating group) is 1. The number of aryl methyl sites for hydroxylation is 2. The van der Waals surface area contributed by atoms with Crippen LogP contribution < -0.4 is 29.9 Å². The van der Waals surface area contributed by atoms with E-state index in [9.17, 15) is 19.2 Å². The number of hydrogen-bond donors (Lipinski definition) is 2. The molecule has 0 bridgehead atoms. The first-order chi connectivity index (χ1) is 26.4. The minimum absolute atomic E-state index is 0.0797. The number of nitrogens with zero attached hydrogens (tertiary/aromatic N) is 2. The van der Waals surface area contributed by atoms with E-state index in [-0.39, 0.29) is 11.9 Å². The predicted octanol–water partition coefficient (Wildman–Crippen LogP) is 7.75. The van der Waals surface area contributed by atoms with Gasteiger partial charge in [-0.2, -0.15) is 0 Å². The van der Waals surface area contributed by atoms with E-state index in [4.69, 9.17) is 9.47 Å². The fourth-order valence-electron chi connectivity index (χ4n) is 4.49. The lowest BCUT2D eigenvalue weighted by molar-refractivity contribution is -0.107. The summed E-state index contributed by atoms with van der Waals surface area (Å²) in [5.74, 6) is 1.52. The summed E-state index contributed by atoms with van der Waals surface area (Å²) in [5, 5.41) is 5.59. The average Bonchev–Trinajstić information content (AvgIpc) is 3.22. The van der Waals surface area contributed by atoms with E-state index in [1.807, 2.05) is 125 Å². The predicted molar refractivity (Wildman–Crippen MR) is 225 cm³/mol. The third-order valence-corrected chi connectivity index (χ3v) is 7.60. The van der Waals surface area contributed by atoms with Crippen LogP contribution in [0.2, 0.25) is 0 Å². The number of carbonyl (C=O) groups excluding carboxylic acids is 4. The second-order valence-corrected chi connectivity index (χ2v) is 12.2. The molecule has 0 spiro atoms. The Morgan fingerprint density at radius 1 is 0.691 bits per heavy atom. The molecule has 0 saturated heterocycles. The maximum atomic E-state index is 12.2. The summed E-state index contributed by atoms with van der Waals surface area (Å²) in [6.45, 7) is 6.34. The van der Waals surface area contributed by atoms with Gasteiger partial charge in [0.2, 0.25) is 6.41 Å². The fraction of sp³-hybridized carbons (Fsp3) is 0.244. The van der Waals surface area contributed by atoms with Crippen molar-refractivity contribution in [1.29, 1.82) is 0 Å². The van der Waals surface area contributed by atoms with Gasteiger partial charge in [0, 0.05) is 43.6 Å². The Hall–Kier alpha value is -6.26. The van der Waals surface area contributed by atoms with Crippen LogP contribution in [0.3, 0.4) is 0 Å². The molecule has 2 N–H and O–H groups in total. The SMILES string of the molecule is CNCC=O.COc1ccc(N(C)C)cc1.COc1ccc(N(C)C=O)cc1.Cc1cc(C=O)cc(C(=O)NC(C)c2ccccc2)c1.Cc1ccccc1. The zero-order chi connectivity index (χ0) is 41.0. The molecule has 1 unspecified atom stereocenters. The molecule has 10 heteroatoms. The lowest BCUT2D eigenvalue weighted by atomic mass is 10.0. The smallest absolute Gasteiger partial charge is 0.251 e. The van der Waals surface area contributed by atoms with Crippen molar-refractivity contribution in [2.45, 2.75) is 26.8 Å². The molecule has 10 nitrogen and oxygen atoms in total. The van der Waals surface area contributed by atoms with Gasteiger partial charge in [-0.05, 0) is 106 Å². The Morgan fingerprint density at radius 2 is 1.20 bits per heavy atom. The molecule has 0 fully saturated rings. The van der Waals surface area contributed by atoms with E-state index >= 15 is 0 Å². The number of carbonyl (C=O) groups is 4. The molecule has 0 heterocycles. The van der Waals surface area contributed by atoms with Crippen LogP contribution in [-0.2, 0) is 9.59 Å². The summed E-state index contributed by atoms with van der Waals surface area (Å²) in [6.07, 6.45) is 2.34. The van der Waals surface area contributed by atoms with Gasteiger partial charge >= 0.3 is 0 Å². The summed E-state index contributed by atoms with van der Waals surface area (Å²) in [6, 6.07) is 40.3. The van der Waals surface area contributed by atoms with Crippen molar-refractivity contribution in [3.05, 3.63) is 155 Å². The largest absolute Gasteiger partial charge is 0.497 e. The first-order valence-electron chi connectivity index (χ1n) is 17.6. The first-order valence-corrected chi connectivity index (χ1v) is 17.6. The topological polar surface area (TPSA) is 117 Å². The molecule has 292 valence electrons. The van der Waals surface area contributed by atoms with Gasteiger partial charge in [0.25, 0.3) is 5.91 Å². The van der Waals surface area contributed by atoms with E-state index in [0.717, 1.165) is 47.3 Å². The van der Waals surface area contributed by atoms with Gasteiger partial charge in [-0.3, -0.25) is 14.4 Å². The molecular weight excluding hydrogens is 693 g/mol. The average molecular weight is 749 g/mol. The van der Waals surface area contributed by atoms with Gasteiger partial charge < -0.3 is 34.7 Å². The van der Waals surface area contributed by atoms with E-state index in [1.54, 1.807) is 46.5 Å². The second-order valence-electron chi connectivity index (χ2n) is 12.2. The van der Waals surface area contributed by atoms with Crippen LogP contribution in [0.15, 0.2) is 127 Å². The summed E-state index contributed by atoms with van der Waals surface area (Å²) in [5.41, 5.74) is 6.33. The standard InChI is InChI=1S/C17H17NO2.C9H11NO2.C9H13NO.C7H8.C3H7NO/c1-12-8-14(11-19)10-16(9-12)17(20)18-13(2)15-6-4-3-5-7-15;1-10(7-11)8-3-5-9(12-2)6-4-8;1-10(2)8-4-6-9(11-3)7-5-8;1-7-5-3-2-4-6-7;1-4-2-3-5/h3-11,13H,1-2H3,(H,18,20);3-7H,1-2H3;4-7H,1-3H3;2-6H,1H3;3-4H,2H2,1H3. The van der Waals surface area contributed by atoms with Crippen molar-refractivity contribution in [3.63, 3.8) is 0 Å². The molecule has 5 rings (SSSR count). The number of methoxy groups -OCH3 is 2. The highest BCUT2D eigenvalue weighted by Gasteiger charge is 2.12. The Kier molecular flexibility index (Phi) is 23.3. The van der Waals surface area contributed by atoms with Crippen LogP contribution in [0.4, 0.5) is 11.4 Å².